The molecule has 0 saturated heterocycles. The van der Waals surface area contributed by atoms with Crippen LogP contribution in [0.15, 0.2) is 34.9 Å². The summed E-state index contributed by atoms with van der Waals surface area (Å²) in [5, 5.41) is 3.67. The SMILES string of the molecule is Fc1cc(Cl)cnc1Nc1ccc(Cl)c(Br)c1. The zero-order chi connectivity index (χ0) is 12.4. The Kier molecular flexibility index (Phi) is 3.86. The molecule has 1 aromatic carbocycles. The Morgan fingerprint density at radius 3 is 2.65 bits per heavy atom. The first kappa shape index (κ1) is 12.6. The maximum absolute atomic E-state index is 13.5. The van der Waals surface area contributed by atoms with E-state index >= 15 is 0 Å². The molecule has 0 atom stereocenters. The molecule has 2 nitrogen and oxygen atoms in total. The van der Waals surface area contributed by atoms with Gasteiger partial charge in [0.1, 0.15) is 0 Å². The average molecular weight is 336 g/mol. The van der Waals surface area contributed by atoms with Crippen LogP contribution in [0, 0.1) is 5.82 Å². The van der Waals surface area contributed by atoms with Crippen molar-refractivity contribution in [1.82, 2.24) is 4.98 Å². The lowest BCUT2D eigenvalue weighted by atomic mass is 10.3. The molecule has 1 heterocycles. The minimum Gasteiger partial charge on any atom is -0.338 e. The van der Waals surface area contributed by atoms with Crippen molar-refractivity contribution in [3.8, 4) is 0 Å². The molecular weight excluding hydrogens is 330 g/mol. The van der Waals surface area contributed by atoms with E-state index in [2.05, 4.69) is 26.2 Å². The summed E-state index contributed by atoms with van der Waals surface area (Å²) in [6, 6.07) is 6.35. The van der Waals surface area contributed by atoms with E-state index in [0.29, 0.717) is 10.7 Å². The van der Waals surface area contributed by atoms with Gasteiger partial charge in [0.05, 0.1) is 10.0 Å². The van der Waals surface area contributed by atoms with E-state index in [1.807, 2.05) is 0 Å². The number of hydrogen-bond donors (Lipinski definition) is 1. The molecule has 1 N–H and O–H groups in total. The average Bonchev–Trinajstić information content (AvgIpc) is 2.27. The van der Waals surface area contributed by atoms with Gasteiger partial charge < -0.3 is 5.32 Å². The van der Waals surface area contributed by atoms with Crippen LogP contribution in [0.3, 0.4) is 0 Å². The standard InChI is InChI=1S/C11H6BrCl2FN2/c12-8-4-7(1-2-9(8)14)17-11-10(15)3-6(13)5-16-11/h1-5H,(H,16,17). The molecule has 0 spiro atoms. The molecule has 0 bridgehead atoms. The van der Waals surface area contributed by atoms with Gasteiger partial charge in [0, 0.05) is 16.4 Å². The van der Waals surface area contributed by atoms with E-state index in [1.54, 1.807) is 18.2 Å². The number of aromatic nitrogens is 1. The first-order valence-electron chi connectivity index (χ1n) is 4.59. The molecule has 0 unspecified atom stereocenters. The van der Waals surface area contributed by atoms with Crippen molar-refractivity contribution in [1.29, 1.82) is 0 Å². The molecule has 88 valence electrons. The molecule has 0 fully saturated rings. The van der Waals surface area contributed by atoms with E-state index in [9.17, 15) is 4.39 Å². The van der Waals surface area contributed by atoms with Crippen molar-refractivity contribution in [2.24, 2.45) is 0 Å². The summed E-state index contributed by atoms with van der Waals surface area (Å²) >= 11 is 14.7. The Bertz CT molecular complexity index is 563. The number of halogens is 4. The summed E-state index contributed by atoms with van der Waals surface area (Å²) < 4.78 is 14.2. The van der Waals surface area contributed by atoms with Crippen molar-refractivity contribution < 1.29 is 4.39 Å². The zero-order valence-electron chi connectivity index (χ0n) is 8.35. The molecule has 6 heteroatoms. The maximum Gasteiger partial charge on any atom is 0.167 e. The van der Waals surface area contributed by atoms with Gasteiger partial charge in [-0.2, -0.15) is 0 Å². The first-order chi connectivity index (χ1) is 8.06. The van der Waals surface area contributed by atoms with Crippen LogP contribution < -0.4 is 5.32 Å². The van der Waals surface area contributed by atoms with Gasteiger partial charge in [0.25, 0.3) is 0 Å². The van der Waals surface area contributed by atoms with E-state index in [1.165, 1.54) is 12.3 Å². The fraction of sp³-hybridized carbons (Fsp3) is 0. The van der Waals surface area contributed by atoms with Crippen LogP contribution in [0.25, 0.3) is 0 Å². The normalized spacial score (nSPS) is 10.4. The van der Waals surface area contributed by atoms with Crippen LogP contribution in [0.4, 0.5) is 15.9 Å². The van der Waals surface area contributed by atoms with Gasteiger partial charge >= 0.3 is 0 Å². The second-order valence-electron chi connectivity index (χ2n) is 3.24. The third kappa shape index (κ3) is 3.09. The third-order valence-corrected chi connectivity index (χ3v) is 3.41. The molecular formula is C11H6BrCl2FN2. The largest absolute Gasteiger partial charge is 0.338 e. The quantitative estimate of drug-likeness (QED) is 0.832. The minimum atomic E-state index is -0.511. The molecule has 0 aliphatic carbocycles. The second-order valence-corrected chi connectivity index (χ2v) is 4.94. The summed E-state index contributed by atoms with van der Waals surface area (Å²) in [6.07, 6.45) is 1.37. The fourth-order valence-corrected chi connectivity index (χ4v) is 1.86. The van der Waals surface area contributed by atoms with Crippen LogP contribution in [0.2, 0.25) is 10.0 Å². The smallest absolute Gasteiger partial charge is 0.167 e. The van der Waals surface area contributed by atoms with Gasteiger partial charge in [-0.3, -0.25) is 0 Å². The molecule has 0 radical (unpaired) electrons. The van der Waals surface area contributed by atoms with Crippen LogP contribution >= 0.6 is 39.1 Å². The monoisotopic (exact) mass is 334 g/mol. The van der Waals surface area contributed by atoms with Crippen molar-refractivity contribution >= 4 is 50.6 Å². The fourth-order valence-electron chi connectivity index (χ4n) is 1.22. The Labute approximate surface area is 116 Å². The number of benzene rings is 1. The number of rotatable bonds is 2. The lowest BCUT2D eigenvalue weighted by molar-refractivity contribution is 0.626. The molecule has 0 saturated carbocycles. The van der Waals surface area contributed by atoms with Crippen molar-refractivity contribution in [2.45, 2.75) is 0 Å². The molecule has 2 aromatic rings. The number of pyridine rings is 1. The van der Waals surface area contributed by atoms with E-state index in [4.69, 9.17) is 23.2 Å². The molecule has 17 heavy (non-hydrogen) atoms. The summed E-state index contributed by atoms with van der Waals surface area (Å²) in [7, 11) is 0. The molecule has 0 aliphatic heterocycles. The Balaban J connectivity index is 2.28. The van der Waals surface area contributed by atoms with Gasteiger partial charge in [-0.05, 0) is 40.2 Å². The highest BCUT2D eigenvalue weighted by molar-refractivity contribution is 9.10. The van der Waals surface area contributed by atoms with Gasteiger partial charge in [-0.25, -0.2) is 9.37 Å². The van der Waals surface area contributed by atoms with Crippen LogP contribution in [-0.4, -0.2) is 4.98 Å². The summed E-state index contributed by atoms with van der Waals surface area (Å²) in [5.41, 5.74) is 0.676. The lowest BCUT2D eigenvalue weighted by Crippen LogP contribution is -1.96. The highest BCUT2D eigenvalue weighted by atomic mass is 79.9. The van der Waals surface area contributed by atoms with Gasteiger partial charge in [-0.15, -0.1) is 0 Å². The summed E-state index contributed by atoms with van der Waals surface area (Å²) in [6.45, 7) is 0. The number of hydrogen-bond acceptors (Lipinski definition) is 2. The molecule has 2 rings (SSSR count). The predicted molar refractivity (Wildman–Crippen MR) is 71.6 cm³/mol. The van der Waals surface area contributed by atoms with Crippen molar-refractivity contribution in [2.75, 3.05) is 5.32 Å². The maximum atomic E-state index is 13.5. The molecule has 0 amide bonds. The van der Waals surface area contributed by atoms with Crippen LogP contribution in [0.1, 0.15) is 0 Å². The van der Waals surface area contributed by atoms with Crippen LogP contribution in [-0.2, 0) is 0 Å². The Hall–Kier alpha value is -0.840. The third-order valence-electron chi connectivity index (χ3n) is 1.99. The Morgan fingerprint density at radius 2 is 2.00 bits per heavy atom. The van der Waals surface area contributed by atoms with Crippen LogP contribution in [0.5, 0.6) is 0 Å². The summed E-state index contributed by atoms with van der Waals surface area (Å²) in [5.74, 6) is -0.396. The van der Waals surface area contributed by atoms with Gasteiger partial charge in [0.15, 0.2) is 11.6 Å². The van der Waals surface area contributed by atoms with E-state index in [0.717, 1.165) is 4.47 Å². The molecule has 1 aromatic heterocycles. The highest BCUT2D eigenvalue weighted by Crippen LogP contribution is 2.27. The summed E-state index contributed by atoms with van der Waals surface area (Å²) in [4.78, 5) is 3.86. The topological polar surface area (TPSA) is 24.9 Å². The number of anilines is 2. The van der Waals surface area contributed by atoms with E-state index in [-0.39, 0.29) is 10.8 Å². The minimum absolute atomic E-state index is 0.114. The Morgan fingerprint density at radius 1 is 1.24 bits per heavy atom. The number of nitrogens with one attached hydrogen (secondary N) is 1. The van der Waals surface area contributed by atoms with E-state index < -0.39 is 5.82 Å². The first-order valence-corrected chi connectivity index (χ1v) is 6.14. The predicted octanol–water partition coefficient (Wildman–Crippen LogP) is 5.03. The van der Waals surface area contributed by atoms with Crippen molar-refractivity contribution in [3.63, 3.8) is 0 Å². The zero-order valence-corrected chi connectivity index (χ0v) is 11.4. The second kappa shape index (κ2) is 5.21. The number of nitrogens with zero attached hydrogens (tertiary/aromatic N) is 1. The van der Waals surface area contributed by atoms with Gasteiger partial charge in [0.2, 0.25) is 0 Å². The van der Waals surface area contributed by atoms with Crippen molar-refractivity contribution in [3.05, 3.63) is 50.8 Å². The highest BCUT2D eigenvalue weighted by Gasteiger charge is 2.06. The molecule has 0 aliphatic rings. The lowest BCUT2D eigenvalue weighted by Gasteiger charge is -2.07. The van der Waals surface area contributed by atoms with Gasteiger partial charge in [-0.1, -0.05) is 23.2 Å².